The number of thiophene rings is 1. The highest BCUT2D eigenvalue weighted by Gasteiger charge is 2.22. The lowest BCUT2D eigenvalue weighted by Gasteiger charge is -2.28. The lowest BCUT2D eigenvalue weighted by molar-refractivity contribution is -0.132. The van der Waals surface area contributed by atoms with E-state index in [-0.39, 0.29) is 11.8 Å². The zero-order valence-electron chi connectivity index (χ0n) is 14.1. The first kappa shape index (κ1) is 17.4. The van der Waals surface area contributed by atoms with Crippen LogP contribution in [0.15, 0.2) is 16.8 Å². The van der Waals surface area contributed by atoms with Crippen LogP contribution in [0, 0.1) is 0 Å². The Morgan fingerprint density at radius 3 is 2.62 bits per heavy atom. The number of rotatable bonds is 4. The van der Waals surface area contributed by atoms with E-state index in [2.05, 4.69) is 10.2 Å². The Morgan fingerprint density at radius 1 is 1.04 bits per heavy atom. The Hall–Kier alpha value is -1.44. The number of nitrogens with zero attached hydrogens (tertiary/aromatic N) is 3. The highest BCUT2D eigenvalue weighted by atomic mass is 32.1. The minimum absolute atomic E-state index is 0.134. The second kappa shape index (κ2) is 8.60. The summed E-state index contributed by atoms with van der Waals surface area (Å²) in [5.41, 5.74) is 0.794. The largest absolute Gasteiger partial charge is 0.340 e. The van der Waals surface area contributed by atoms with E-state index in [0.717, 1.165) is 70.9 Å². The van der Waals surface area contributed by atoms with Gasteiger partial charge in [0.05, 0.1) is 5.56 Å². The van der Waals surface area contributed by atoms with Crippen LogP contribution in [0.1, 0.15) is 23.2 Å². The van der Waals surface area contributed by atoms with Crippen LogP contribution in [-0.2, 0) is 4.79 Å². The number of nitrogens with one attached hydrogen (secondary N) is 1. The SMILES string of the molecule is O=C(CCN1CCCN(C(=O)c2ccsc2)CC1)N1CCNCC1. The number of amides is 2. The smallest absolute Gasteiger partial charge is 0.254 e. The van der Waals surface area contributed by atoms with Gasteiger partial charge in [0.2, 0.25) is 5.91 Å². The van der Waals surface area contributed by atoms with Crippen molar-refractivity contribution in [2.75, 3.05) is 58.9 Å². The van der Waals surface area contributed by atoms with Gasteiger partial charge >= 0.3 is 0 Å². The Morgan fingerprint density at radius 2 is 1.88 bits per heavy atom. The van der Waals surface area contributed by atoms with E-state index in [1.54, 1.807) is 11.3 Å². The van der Waals surface area contributed by atoms with Crippen LogP contribution in [0.2, 0.25) is 0 Å². The summed E-state index contributed by atoms with van der Waals surface area (Å²) in [6, 6.07) is 1.89. The van der Waals surface area contributed by atoms with E-state index >= 15 is 0 Å². The molecule has 0 saturated carbocycles. The van der Waals surface area contributed by atoms with Gasteiger partial charge in [-0.15, -0.1) is 0 Å². The zero-order valence-corrected chi connectivity index (χ0v) is 14.9. The van der Waals surface area contributed by atoms with Crippen molar-refractivity contribution in [2.45, 2.75) is 12.8 Å². The normalized spacial score (nSPS) is 20.0. The summed E-state index contributed by atoms with van der Waals surface area (Å²) < 4.78 is 0. The predicted octanol–water partition coefficient (Wildman–Crippen LogP) is 0.718. The average molecular weight is 350 g/mol. The maximum atomic E-state index is 12.4. The molecular weight excluding hydrogens is 324 g/mol. The van der Waals surface area contributed by atoms with E-state index in [4.69, 9.17) is 0 Å². The van der Waals surface area contributed by atoms with Gasteiger partial charge in [0.15, 0.2) is 0 Å². The van der Waals surface area contributed by atoms with Crippen molar-refractivity contribution in [3.05, 3.63) is 22.4 Å². The maximum Gasteiger partial charge on any atom is 0.254 e. The third kappa shape index (κ3) is 4.55. The van der Waals surface area contributed by atoms with Gasteiger partial charge in [-0.1, -0.05) is 0 Å². The highest BCUT2D eigenvalue weighted by molar-refractivity contribution is 7.08. The summed E-state index contributed by atoms with van der Waals surface area (Å²) in [5.74, 6) is 0.391. The third-order valence-corrected chi connectivity index (χ3v) is 5.44. The Kier molecular flexibility index (Phi) is 6.23. The fourth-order valence-corrected chi connectivity index (χ4v) is 3.92. The molecular formula is C17H26N4O2S. The van der Waals surface area contributed by atoms with Crippen molar-refractivity contribution in [2.24, 2.45) is 0 Å². The van der Waals surface area contributed by atoms with Crippen LogP contribution in [0.4, 0.5) is 0 Å². The molecule has 0 atom stereocenters. The Labute approximate surface area is 147 Å². The van der Waals surface area contributed by atoms with Crippen molar-refractivity contribution in [1.82, 2.24) is 20.0 Å². The number of carbonyl (C=O) groups is 2. The molecule has 6 nitrogen and oxygen atoms in total. The topological polar surface area (TPSA) is 55.9 Å². The van der Waals surface area contributed by atoms with Crippen LogP contribution in [0.5, 0.6) is 0 Å². The molecule has 0 radical (unpaired) electrons. The fraction of sp³-hybridized carbons (Fsp3) is 0.647. The molecule has 2 aliphatic rings. The molecule has 0 unspecified atom stereocenters. The number of piperazine rings is 1. The van der Waals surface area contributed by atoms with Crippen molar-refractivity contribution in [3.63, 3.8) is 0 Å². The maximum absolute atomic E-state index is 12.4. The molecule has 2 amide bonds. The number of hydrogen-bond acceptors (Lipinski definition) is 5. The van der Waals surface area contributed by atoms with Gasteiger partial charge in [0.25, 0.3) is 5.91 Å². The summed E-state index contributed by atoms with van der Waals surface area (Å²) >= 11 is 1.56. The standard InChI is InChI=1S/C17H26N4O2S/c22-16(20-9-4-18-5-10-20)2-8-19-6-1-7-21(12-11-19)17(23)15-3-13-24-14-15/h3,13-14,18H,1-2,4-12H2. The third-order valence-electron chi connectivity index (χ3n) is 4.76. The summed E-state index contributed by atoms with van der Waals surface area (Å²) in [7, 11) is 0. The minimum atomic E-state index is 0.134. The van der Waals surface area contributed by atoms with Crippen LogP contribution in [0.25, 0.3) is 0 Å². The van der Waals surface area contributed by atoms with E-state index in [1.165, 1.54) is 0 Å². The Bertz CT molecular complexity index is 543. The highest BCUT2D eigenvalue weighted by Crippen LogP contribution is 2.12. The van der Waals surface area contributed by atoms with E-state index < -0.39 is 0 Å². The first-order chi connectivity index (χ1) is 11.7. The van der Waals surface area contributed by atoms with Gasteiger partial charge < -0.3 is 20.0 Å². The molecule has 1 aromatic rings. The van der Waals surface area contributed by atoms with Crippen LogP contribution < -0.4 is 5.32 Å². The second-order valence-electron chi connectivity index (χ2n) is 6.38. The van der Waals surface area contributed by atoms with Gasteiger partial charge in [-0.05, 0) is 24.4 Å². The molecule has 0 aromatic carbocycles. The summed E-state index contributed by atoms with van der Waals surface area (Å²) in [4.78, 5) is 30.9. The first-order valence-corrected chi connectivity index (χ1v) is 9.70. The monoisotopic (exact) mass is 350 g/mol. The van der Waals surface area contributed by atoms with Crippen LogP contribution in [-0.4, -0.2) is 85.4 Å². The molecule has 1 aromatic heterocycles. The van der Waals surface area contributed by atoms with Gasteiger partial charge in [0.1, 0.15) is 0 Å². The van der Waals surface area contributed by atoms with Gasteiger partial charge in [0, 0.05) is 64.2 Å². The lowest BCUT2D eigenvalue weighted by atomic mass is 10.3. The molecule has 3 rings (SSSR count). The van der Waals surface area contributed by atoms with E-state index in [9.17, 15) is 9.59 Å². The van der Waals surface area contributed by atoms with Gasteiger partial charge in [-0.25, -0.2) is 0 Å². The van der Waals surface area contributed by atoms with E-state index in [1.807, 2.05) is 26.6 Å². The first-order valence-electron chi connectivity index (χ1n) is 8.76. The molecule has 2 fully saturated rings. The van der Waals surface area contributed by atoms with Gasteiger partial charge in [-0.3, -0.25) is 9.59 Å². The van der Waals surface area contributed by atoms with Crippen LogP contribution >= 0.6 is 11.3 Å². The molecule has 2 aliphatic heterocycles. The number of hydrogen-bond donors (Lipinski definition) is 1. The Balaban J connectivity index is 1.43. The van der Waals surface area contributed by atoms with Crippen molar-refractivity contribution < 1.29 is 9.59 Å². The predicted molar refractivity (Wildman–Crippen MR) is 95.3 cm³/mol. The van der Waals surface area contributed by atoms with Crippen molar-refractivity contribution >= 4 is 23.2 Å². The molecule has 24 heavy (non-hydrogen) atoms. The zero-order chi connectivity index (χ0) is 16.8. The molecule has 0 bridgehead atoms. The minimum Gasteiger partial charge on any atom is -0.340 e. The fourth-order valence-electron chi connectivity index (χ4n) is 3.29. The number of carbonyl (C=O) groups excluding carboxylic acids is 2. The van der Waals surface area contributed by atoms with Crippen molar-refractivity contribution in [1.29, 1.82) is 0 Å². The van der Waals surface area contributed by atoms with Crippen molar-refractivity contribution in [3.8, 4) is 0 Å². The molecule has 2 saturated heterocycles. The second-order valence-corrected chi connectivity index (χ2v) is 7.16. The molecule has 3 heterocycles. The molecule has 0 spiro atoms. The quantitative estimate of drug-likeness (QED) is 0.869. The van der Waals surface area contributed by atoms with Gasteiger partial charge in [-0.2, -0.15) is 11.3 Å². The average Bonchev–Trinajstić information content (AvgIpc) is 3.06. The summed E-state index contributed by atoms with van der Waals surface area (Å²) in [6.07, 6.45) is 1.55. The molecule has 132 valence electrons. The molecule has 0 aliphatic carbocycles. The molecule has 7 heteroatoms. The summed E-state index contributed by atoms with van der Waals surface area (Å²) in [6.45, 7) is 7.59. The summed E-state index contributed by atoms with van der Waals surface area (Å²) in [5, 5.41) is 7.13. The van der Waals surface area contributed by atoms with Crippen LogP contribution in [0.3, 0.4) is 0 Å². The van der Waals surface area contributed by atoms with E-state index in [0.29, 0.717) is 6.42 Å². The molecule has 1 N–H and O–H groups in total. The lowest BCUT2D eigenvalue weighted by Crippen LogP contribution is -2.47.